The minimum Gasteiger partial charge on any atom is -0.508 e. The van der Waals surface area contributed by atoms with E-state index < -0.39 is 17.6 Å². The van der Waals surface area contributed by atoms with Crippen LogP contribution in [0.2, 0.25) is 0 Å². The molecule has 0 radical (unpaired) electrons. The van der Waals surface area contributed by atoms with Crippen LogP contribution in [0.3, 0.4) is 0 Å². The van der Waals surface area contributed by atoms with E-state index in [-0.39, 0.29) is 17.7 Å². The van der Waals surface area contributed by atoms with Crippen LogP contribution in [0, 0.1) is 0 Å². The van der Waals surface area contributed by atoms with Crippen LogP contribution in [0.1, 0.15) is 44.2 Å². The summed E-state index contributed by atoms with van der Waals surface area (Å²) in [5.74, 6) is 4.46. The van der Waals surface area contributed by atoms with Gasteiger partial charge < -0.3 is 15.2 Å². The number of hydrazine groups is 1. The molecule has 1 aromatic carbocycles. The molecule has 7 heteroatoms. The summed E-state index contributed by atoms with van der Waals surface area (Å²) in [6.07, 6.45) is 0.429. The number of aromatic hydroxyl groups is 1. The molecule has 0 aromatic heterocycles. The number of nitrogens with one attached hydrogen (secondary N) is 2. The van der Waals surface area contributed by atoms with Gasteiger partial charge in [0, 0.05) is 6.04 Å². The zero-order chi connectivity index (χ0) is 17.2. The Morgan fingerprint density at radius 1 is 1.35 bits per heavy atom. The Bertz CT molecular complexity index is 610. The lowest BCUT2D eigenvalue weighted by Crippen LogP contribution is -2.45. The summed E-state index contributed by atoms with van der Waals surface area (Å²) in [4.78, 5) is 24.0. The number of ether oxygens (including phenoxy) is 1. The van der Waals surface area contributed by atoms with Gasteiger partial charge in [-0.1, -0.05) is 6.07 Å². The van der Waals surface area contributed by atoms with Crippen LogP contribution in [0.25, 0.3) is 0 Å². The van der Waals surface area contributed by atoms with Crippen LogP contribution in [-0.4, -0.2) is 28.7 Å². The first-order chi connectivity index (χ1) is 10.7. The topological polar surface area (TPSA) is 114 Å². The predicted molar refractivity (Wildman–Crippen MR) is 84.7 cm³/mol. The molecule has 2 atom stereocenters. The molecule has 2 amide bonds. The molecule has 0 spiro atoms. The highest BCUT2D eigenvalue weighted by Gasteiger charge is 2.33. The standard InChI is InChI=1S/C16H23N3O4/c1-16(2,3)23-15(22)18-10-6-9-4-5-11(20)8-12(9)13(7-10)14(21)19-17/h4-5,8,10,13,20H,6-7,17H2,1-3H3,(H,18,22)(H,19,21)/t10-,13+/m0/s1. The van der Waals surface area contributed by atoms with E-state index in [0.717, 1.165) is 11.1 Å². The molecule has 0 saturated carbocycles. The summed E-state index contributed by atoms with van der Waals surface area (Å²) in [5, 5.41) is 12.4. The van der Waals surface area contributed by atoms with Crippen molar-refractivity contribution in [3.05, 3.63) is 29.3 Å². The lowest BCUT2D eigenvalue weighted by atomic mass is 9.79. The van der Waals surface area contributed by atoms with Gasteiger partial charge in [-0.25, -0.2) is 10.6 Å². The molecule has 1 aliphatic carbocycles. The second-order valence-electron chi connectivity index (χ2n) is 6.73. The number of amides is 2. The quantitative estimate of drug-likeness (QED) is 0.372. The van der Waals surface area contributed by atoms with Crippen molar-refractivity contribution < 1.29 is 19.4 Å². The smallest absolute Gasteiger partial charge is 0.407 e. The summed E-state index contributed by atoms with van der Waals surface area (Å²) in [5.41, 5.74) is 3.18. The average molecular weight is 321 g/mol. The van der Waals surface area contributed by atoms with E-state index in [1.54, 1.807) is 39.0 Å². The van der Waals surface area contributed by atoms with Gasteiger partial charge in [0.1, 0.15) is 11.4 Å². The molecule has 126 valence electrons. The molecular weight excluding hydrogens is 298 g/mol. The van der Waals surface area contributed by atoms with E-state index in [0.29, 0.717) is 12.8 Å². The Labute approximate surface area is 135 Å². The molecule has 7 nitrogen and oxygen atoms in total. The lowest BCUT2D eigenvalue weighted by molar-refractivity contribution is -0.123. The Morgan fingerprint density at radius 3 is 2.65 bits per heavy atom. The van der Waals surface area contributed by atoms with E-state index in [9.17, 15) is 14.7 Å². The number of phenolic OH excluding ortho intramolecular Hbond substituents is 1. The van der Waals surface area contributed by atoms with Crippen LogP contribution in [0.4, 0.5) is 4.79 Å². The molecule has 1 aliphatic rings. The highest BCUT2D eigenvalue weighted by Crippen LogP contribution is 2.34. The van der Waals surface area contributed by atoms with Gasteiger partial charge in [-0.15, -0.1) is 0 Å². The monoisotopic (exact) mass is 321 g/mol. The SMILES string of the molecule is CC(C)(C)OC(=O)N[C@H]1Cc2ccc(O)cc2[C@H](C(=O)NN)C1. The normalized spacial score (nSPS) is 20.3. The van der Waals surface area contributed by atoms with Crippen LogP contribution in [-0.2, 0) is 16.0 Å². The highest BCUT2D eigenvalue weighted by atomic mass is 16.6. The summed E-state index contributed by atoms with van der Waals surface area (Å²) >= 11 is 0. The number of carbonyl (C=O) groups excluding carboxylic acids is 2. The summed E-state index contributed by atoms with van der Waals surface area (Å²) < 4.78 is 5.25. The van der Waals surface area contributed by atoms with E-state index in [1.165, 1.54) is 0 Å². The lowest BCUT2D eigenvalue weighted by Gasteiger charge is -2.31. The largest absolute Gasteiger partial charge is 0.508 e. The van der Waals surface area contributed by atoms with Crippen molar-refractivity contribution in [1.29, 1.82) is 0 Å². The maximum Gasteiger partial charge on any atom is 0.407 e. The molecule has 2 rings (SSSR count). The highest BCUT2D eigenvalue weighted by molar-refractivity contribution is 5.84. The van der Waals surface area contributed by atoms with Gasteiger partial charge in [0.25, 0.3) is 0 Å². The van der Waals surface area contributed by atoms with Gasteiger partial charge >= 0.3 is 6.09 Å². The van der Waals surface area contributed by atoms with Crippen LogP contribution >= 0.6 is 0 Å². The number of nitrogens with two attached hydrogens (primary N) is 1. The first kappa shape index (κ1) is 17.1. The Balaban J connectivity index is 2.18. The maximum atomic E-state index is 12.0. The van der Waals surface area contributed by atoms with Crippen molar-refractivity contribution in [3.63, 3.8) is 0 Å². The fourth-order valence-electron chi connectivity index (χ4n) is 2.79. The van der Waals surface area contributed by atoms with E-state index in [1.807, 2.05) is 0 Å². The van der Waals surface area contributed by atoms with Crippen molar-refractivity contribution >= 4 is 12.0 Å². The molecule has 0 unspecified atom stereocenters. The van der Waals surface area contributed by atoms with Crippen molar-refractivity contribution in [2.24, 2.45) is 5.84 Å². The number of benzene rings is 1. The third kappa shape index (κ3) is 4.35. The van der Waals surface area contributed by atoms with Crippen molar-refractivity contribution in [2.75, 3.05) is 0 Å². The van der Waals surface area contributed by atoms with Gasteiger partial charge in [-0.05, 0) is 56.9 Å². The Hall–Kier alpha value is -2.28. The van der Waals surface area contributed by atoms with Crippen LogP contribution in [0.15, 0.2) is 18.2 Å². The minimum absolute atomic E-state index is 0.0946. The van der Waals surface area contributed by atoms with E-state index in [2.05, 4.69) is 10.7 Å². The Morgan fingerprint density at radius 2 is 2.04 bits per heavy atom. The van der Waals surface area contributed by atoms with Gasteiger partial charge in [0.2, 0.25) is 5.91 Å². The zero-order valence-electron chi connectivity index (χ0n) is 13.6. The average Bonchev–Trinajstić information content (AvgIpc) is 2.44. The van der Waals surface area contributed by atoms with Crippen LogP contribution < -0.4 is 16.6 Å². The number of phenols is 1. The van der Waals surface area contributed by atoms with E-state index >= 15 is 0 Å². The van der Waals surface area contributed by atoms with Crippen molar-refractivity contribution in [2.45, 2.75) is 51.2 Å². The molecule has 1 aromatic rings. The number of alkyl carbamates (subject to hydrolysis) is 1. The van der Waals surface area contributed by atoms with E-state index in [4.69, 9.17) is 10.6 Å². The maximum absolute atomic E-state index is 12.0. The summed E-state index contributed by atoms with van der Waals surface area (Å²) in [7, 11) is 0. The number of carbonyl (C=O) groups is 2. The molecule has 0 aliphatic heterocycles. The summed E-state index contributed by atoms with van der Waals surface area (Å²) in [6.45, 7) is 5.36. The zero-order valence-corrected chi connectivity index (χ0v) is 13.6. The molecule has 0 fully saturated rings. The predicted octanol–water partition coefficient (Wildman–Crippen LogP) is 1.31. The first-order valence-electron chi connectivity index (χ1n) is 7.51. The van der Waals surface area contributed by atoms with Gasteiger partial charge in [0.05, 0.1) is 5.92 Å². The fourth-order valence-corrected chi connectivity index (χ4v) is 2.79. The Kier molecular flexibility index (Phi) is 4.79. The molecule has 5 N–H and O–H groups in total. The second-order valence-corrected chi connectivity index (χ2v) is 6.73. The first-order valence-corrected chi connectivity index (χ1v) is 7.51. The third-order valence-electron chi connectivity index (χ3n) is 3.67. The number of hydrogen-bond acceptors (Lipinski definition) is 5. The molecule has 0 heterocycles. The van der Waals surface area contributed by atoms with Gasteiger partial charge in [-0.2, -0.15) is 0 Å². The van der Waals surface area contributed by atoms with Crippen molar-refractivity contribution in [1.82, 2.24) is 10.7 Å². The summed E-state index contributed by atoms with van der Waals surface area (Å²) in [6, 6.07) is 4.64. The van der Waals surface area contributed by atoms with Crippen LogP contribution in [0.5, 0.6) is 5.75 Å². The van der Waals surface area contributed by atoms with Gasteiger partial charge in [-0.3, -0.25) is 10.2 Å². The molecule has 0 bridgehead atoms. The molecule has 23 heavy (non-hydrogen) atoms. The van der Waals surface area contributed by atoms with Crippen molar-refractivity contribution in [3.8, 4) is 5.75 Å². The number of rotatable bonds is 2. The second kappa shape index (κ2) is 6.45. The molecule has 0 saturated heterocycles. The number of hydrogen-bond donors (Lipinski definition) is 4. The van der Waals surface area contributed by atoms with Gasteiger partial charge in [0.15, 0.2) is 0 Å². The minimum atomic E-state index is -0.587. The number of fused-ring (bicyclic) bond motifs is 1. The fraction of sp³-hybridized carbons (Fsp3) is 0.500. The molecular formula is C16H23N3O4. The third-order valence-corrected chi connectivity index (χ3v) is 3.67.